The number of nitrogens with two attached hydrogens (primary N) is 1. The van der Waals surface area contributed by atoms with Gasteiger partial charge in [-0.1, -0.05) is 46.3 Å². The van der Waals surface area contributed by atoms with Gasteiger partial charge in [-0.25, -0.2) is 0 Å². The highest BCUT2D eigenvalue weighted by atomic mass is 79.9. The molecule has 0 saturated heterocycles. The molecule has 4 heteroatoms. The highest BCUT2D eigenvalue weighted by Gasteiger charge is 2.11. The molecule has 1 atom stereocenters. The van der Waals surface area contributed by atoms with Gasteiger partial charge in [-0.3, -0.25) is 4.79 Å². The lowest BCUT2D eigenvalue weighted by atomic mass is 10.1. The average Bonchev–Trinajstić information content (AvgIpc) is 2.45. The summed E-state index contributed by atoms with van der Waals surface area (Å²) in [5.41, 5.74) is 8.62. The largest absolute Gasteiger partial charge is 0.399 e. The number of hydrogen-bond donors (Lipinski definition) is 2. The first-order valence-corrected chi connectivity index (χ1v) is 7.74. The lowest BCUT2D eigenvalue weighted by Gasteiger charge is -2.16. The van der Waals surface area contributed by atoms with Crippen LogP contribution >= 0.6 is 15.9 Å². The van der Waals surface area contributed by atoms with Crippen LogP contribution in [0, 0.1) is 0 Å². The number of carbonyl (C=O) groups excluding carboxylic acids is 1. The molecule has 0 aromatic heterocycles. The van der Waals surface area contributed by atoms with E-state index < -0.39 is 0 Å². The Morgan fingerprint density at radius 3 is 2.71 bits per heavy atom. The molecule has 21 heavy (non-hydrogen) atoms. The number of amides is 1. The molecule has 0 aliphatic carbocycles. The Bertz CT molecular complexity index is 628. The summed E-state index contributed by atoms with van der Waals surface area (Å²) in [6, 6.07) is 15.5. The van der Waals surface area contributed by atoms with Crippen LogP contribution in [-0.2, 0) is 11.2 Å². The summed E-state index contributed by atoms with van der Waals surface area (Å²) >= 11 is 3.51. The van der Waals surface area contributed by atoms with Crippen molar-refractivity contribution in [1.29, 1.82) is 0 Å². The van der Waals surface area contributed by atoms with Gasteiger partial charge < -0.3 is 11.1 Å². The molecule has 2 rings (SSSR count). The number of hydrogen-bond acceptors (Lipinski definition) is 2. The number of nitrogens with one attached hydrogen (secondary N) is 1. The lowest BCUT2D eigenvalue weighted by Crippen LogP contribution is -2.27. The van der Waals surface area contributed by atoms with Gasteiger partial charge in [-0.15, -0.1) is 0 Å². The molecule has 0 spiro atoms. The normalized spacial score (nSPS) is 11.9. The number of benzene rings is 2. The second-order valence-corrected chi connectivity index (χ2v) is 5.91. The van der Waals surface area contributed by atoms with Crippen LogP contribution in [0.25, 0.3) is 0 Å². The number of halogens is 1. The minimum atomic E-state index is -0.0195. The van der Waals surface area contributed by atoms with Gasteiger partial charge in [0, 0.05) is 16.6 Å². The highest BCUT2D eigenvalue weighted by molar-refractivity contribution is 9.10. The third kappa shape index (κ3) is 4.60. The van der Waals surface area contributed by atoms with Crippen molar-refractivity contribution in [2.24, 2.45) is 0 Å². The fourth-order valence-electron chi connectivity index (χ4n) is 2.22. The monoisotopic (exact) mass is 346 g/mol. The third-order valence-electron chi connectivity index (χ3n) is 3.34. The molecule has 0 fully saturated rings. The first-order chi connectivity index (χ1) is 10.1. The van der Waals surface area contributed by atoms with Crippen molar-refractivity contribution < 1.29 is 4.79 Å². The highest BCUT2D eigenvalue weighted by Crippen LogP contribution is 2.22. The predicted molar refractivity (Wildman–Crippen MR) is 89.9 cm³/mol. The maximum atomic E-state index is 12.0. The van der Waals surface area contributed by atoms with Crippen LogP contribution in [0.2, 0.25) is 0 Å². The van der Waals surface area contributed by atoms with E-state index in [-0.39, 0.29) is 11.9 Å². The molecule has 2 aromatic rings. The summed E-state index contributed by atoms with van der Waals surface area (Å²) in [6.45, 7) is 1.98. The summed E-state index contributed by atoms with van der Waals surface area (Å²) in [5.74, 6) is 0.0423. The van der Waals surface area contributed by atoms with E-state index in [2.05, 4.69) is 21.2 Å². The van der Waals surface area contributed by atoms with E-state index in [1.165, 1.54) is 0 Å². The van der Waals surface area contributed by atoms with Crippen LogP contribution in [0.1, 0.15) is 30.5 Å². The Hall–Kier alpha value is -1.81. The Kier molecular flexibility index (Phi) is 5.39. The molecule has 0 aliphatic rings. The number of aryl methyl sites for hydroxylation is 1. The minimum absolute atomic E-state index is 0.0195. The molecular weight excluding hydrogens is 328 g/mol. The molecule has 0 unspecified atom stereocenters. The number of rotatable bonds is 5. The predicted octanol–water partition coefficient (Wildman–Crippen LogP) is 3.84. The molecule has 0 bridgehead atoms. The topological polar surface area (TPSA) is 55.1 Å². The summed E-state index contributed by atoms with van der Waals surface area (Å²) in [4.78, 5) is 12.0. The van der Waals surface area contributed by atoms with E-state index in [0.717, 1.165) is 21.3 Å². The maximum absolute atomic E-state index is 12.0. The van der Waals surface area contributed by atoms with E-state index in [0.29, 0.717) is 12.8 Å². The van der Waals surface area contributed by atoms with Gasteiger partial charge in [0.2, 0.25) is 5.91 Å². The van der Waals surface area contributed by atoms with Crippen LogP contribution in [0.3, 0.4) is 0 Å². The molecule has 110 valence electrons. The standard InChI is InChI=1S/C17H19BrN2O/c1-12(15-7-2-3-8-16(15)18)20-17(21)10-9-13-5-4-6-14(19)11-13/h2-8,11-12H,9-10,19H2,1H3,(H,20,21)/t12-/m0/s1. The summed E-state index contributed by atoms with van der Waals surface area (Å²) in [6.07, 6.45) is 1.15. The minimum Gasteiger partial charge on any atom is -0.399 e. The number of carbonyl (C=O) groups is 1. The van der Waals surface area contributed by atoms with Crippen molar-refractivity contribution in [2.75, 3.05) is 5.73 Å². The van der Waals surface area contributed by atoms with Gasteiger partial charge >= 0.3 is 0 Å². The Labute approximate surface area is 133 Å². The zero-order valence-electron chi connectivity index (χ0n) is 12.0. The fourth-order valence-corrected chi connectivity index (χ4v) is 2.85. The number of anilines is 1. The first-order valence-electron chi connectivity index (χ1n) is 6.94. The van der Waals surface area contributed by atoms with Gasteiger partial charge in [0.25, 0.3) is 0 Å². The molecule has 0 aliphatic heterocycles. The molecule has 0 radical (unpaired) electrons. The quantitative estimate of drug-likeness (QED) is 0.808. The van der Waals surface area contributed by atoms with Crippen LogP contribution in [0.4, 0.5) is 5.69 Å². The Balaban J connectivity index is 1.89. The fraction of sp³-hybridized carbons (Fsp3) is 0.235. The van der Waals surface area contributed by atoms with Gasteiger partial charge in [-0.2, -0.15) is 0 Å². The second kappa shape index (κ2) is 7.27. The van der Waals surface area contributed by atoms with Crippen LogP contribution in [-0.4, -0.2) is 5.91 Å². The molecule has 0 saturated carbocycles. The molecule has 0 heterocycles. The maximum Gasteiger partial charge on any atom is 0.220 e. The van der Waals surface area contributed by atoms with Crippen molar-refractivity contribution in [1.82, 2.24) is 5.32 Å². The van der Waals surface area contributed by atoms with Crippen LogP contribution < -0.4 is 11.1 Å². The summed E-state index contributed by atoms with van der Waals surface area (Å²) < 4.78 is 1.01. The second-order valence-electron chi connectivity index (χ2n) is 5.06. The average molecular weight is 347 g/mol. The summed E-state index contributed by atoms with van der Waals surface area (Å²) in [5, 5.41) is 3.02. The van der Waals surface area contributed by atoms with Gasteiger partial charge in [0.1, 0.15) is 0 Å². The van der Waals surface area contributed by atoms with Crippen molar-refractivity contribution in [2.45, 2.75) is 25.8 Å². The van der Waals surface area contributed by atoms with Crippen molar-refractivity contribution in [3.8, 4) is 0 Å². The molecule has 3 N–H and O–H groups in total. The number of nitrogen functional groups attached to an aromatic ring is 1. The van der Waals surface area contributed by atoms with Crippen molar-refractivity contribution >= 4 is 27.5 Å². The van der Waals surface area contributed by atoms with Crippen molar-refractivity contribution in [3.05, 3.63) is 64.1 Å². The first kappa shape index (κ1) is 15.6. The van der Waals surface area contributed by atoms with Gasteiger partial charge in [0.15, 0.2) is 0 Å². The third-order valence-corrected chi connectivity index (χ3v) is 4.06. The van der Waals surface area contributed by atoms with Crippen molar-refractivity contribution in [3.63, 3.8) is 0 Å². The summed E-state index contributed by atoms with van der Waals surface area (Å²) in [7, 11) is 0. The van der Waals surface area contributed by atoms with E-state index >= 15 is 0 Å². The van der Waals surface area contributed by atoms with E-state index in [9.17, 15) is 4.79 Å². The molecule has 1 amide bonds. The van der Waals surface area contributed by atoms with Gasteiger partial charge in [0.05, 0.1) is 6.04 Å². The Morgan fingerprint density at radius 1 is 1.24 bits per heavy atom. The molecule has 2 aromatic carbocycles. The zero-order valence-corrected chi connectivity index (χ0v) is 13.6. The van der Waals surface area contributed by atoms with Crippen LogP contribution in [0.5, 0.6) is 0 Å². The van der Waals surface area contributed by atoms with E-state index in [1.54, 1.807) is 0 Å². The smallest absolute Gasteiger partial charge is 0.220 e. The van der Waals surface area contributed by atoms with Crippen LogP contribution in [0.15, 0.2) is 53.0 Å². The molecule has 3 nitrogen and oxygen atoms in total. The SMILES string of the molecule is C[C@H](NC(=O)CCc1cccc(N)c1)c1ccccc1Br. The lowest BCUT2D eigenvalue weighted by molar-refractivity contribution is -0.121. The van der Waals surface area contributed by atoms with E-state index in [1.807, 2.05) is 55.5 Å². The van der Waals surface area contributed by atoms with E-state index in [4.69, 9.17) is 5.73 Å². The zero-order chi connectivity index (χ0) is 15.2. The molecular formula is C17H19BrN2O. The Morgan fingerprint density at radius 2 is 2.00 bits per heavy atom. The van der Waals surface area contributed by atoms with Gasteiger partial charge in [-0.05, 0) is 42.7 Å².